The van der Waals surface area contributed by atoms with Crippen molar-refractivity contribution in [3.8, 4) is 0 Å². The van der Waals surface area contributed by atoms with E-state index in [9.17, 15) is 17.6 Å². The Kier molecular flexibility index (Phi) is 6.22. The molecule has 0 radical (unpaired) electrons. The molecule has 2 heterocycles. The summed E-state index contributed by atoms with van der Waals surface area (Å²) in [5, 5.41) is 0. The monoisotopic (exact) mass is 528 g/mol. The molecule has 1 N–H and O–H groups in total. The van der Waals surface area contributed by atoms with Crippen molar-refractivity contribution in [2.75, 3.05) is 17.2 Å². The van der Waals surface area contributed by atoms with E-state index in [1.54, 1.807) is 18.2 Å². The normalized spacial score (nSPS) is 17.9. The van der Waals surface area contributed by atoms with E-state index in [1.807, 2.05) is 22.6 Å². The zero-order valence-corrected chi connectivity index (χ0v) is 18.0. The van der Waals surface area contributed by atoms with Crippen molar-refractivity contribution in [3.63, 3.8) is 0 Å². The SMILES string of the molecule is O=C1[C@@H](NS(=O)(=O)CCc2ccc(Cl)s2)CCN1c1ccc(I)cc1F. The molecule has 1 fully saturated rings. The summed E-state index contributed by atoms with van der Waals surface area (Å²) in [4.78, 5) is 14.7. The summed E-state index contributed by atoms with van der Waals surface area (Å²) in [6.45, 7) is 0.268. The Morgan fingerprint density at radius 2 is 2.12 bits per heavy atom. The lowest BCUT2D eigenvalue weighted by Gasteiger charge is -2.18. The van der Waals surface area contributed by atoms with Crippen LogP contribution in [0.25, 0.3) is 0 Å². The fourth-order valence-electron chi connectivity index (χ4n) is 2.73. The van der Waals surface area contributed by atoms with Crippen LogP contribution in [-0.2, 0) is 21.2 Å². The minimum Gasteiger partial charge on any atom is -0.308 e. The molecule has 0 unspecified atom stereocenters. The van der Waals surface area contributed by atoms with Gasteiger partial charge in [-0.15, -0.1) is 11.3 Å². The van der Waals surface area contributed by atoms with Crippen molar-refractivity contribution >= 4 is 67.1 Å². The van der Waals surface area contributed by atoms with Gasteiger partial charge in [0.15, 0.2) is 0 Å². The number of nitrogens with one attached hydrogen (secondary N) is 1. The molecule has 0 bridgehead atoms. The zero-order valence-electron chi connectivity index (χ0n) is 13.4. The largest absolute Gasteiger partial charge is 0.308 e. The summed E-state index contributed by atoms with van der Waals surface area (Å²) in [5.74, 6) is -1.07. The topological polar surface area (TPSA) is 66.5 Å². The average molecular weight is 529 g/mol. The number of carbonyl (C=O) groups is 1. The van der Waals surface area contributed by atoms with Gasteiger partial charge in [-0.25, -0.2) is 17.5 Å². The van der Waals surface area contributed by atoms with Crippen LogP contribution in [0.5, 0.6) is 0 Å². The summed E-state index contributed by atoms with van der Waals surface area (Å²) in [6.07, 6.45) is 0.622. The fourth-order valence-corrected chi connectivity index (χ4v) is 5.65. The summed E-state index contributed by atoms with van der Waals surface area (Å²) in [6, 6.07) is 7.21. The van der Waals surface area contributed by atoms with E-state index < -0.39 is 27.8 Å². The van der Waals surface area contributed by atoms with Gasteiger partial charge in [0.2, 0.25) is 15.9 Å². The van der Waals surface area contributed by atoms with Gasteiger partial charge >= 0.3 is 0 Å². The predicted octanol–water partition coefficient (Wildman–Crippen LogP) is 3.41. The molecule has 2 aromatic rings. The molecule has 1 saturated heterocycles. The molecule has 1 aliphatic rings. The molecule has 1 aromatic heterocycles. The van der Waals surface area contributed by atoms with Crippen LogP contribution in [-0.4, -0.2) is 32.7 Å². The number of rotatable bonds is 6. The fraction of sp³-hybridized carbons (Fsp3) is 0.312. The lowest BCUT2D eigenvalue weighted by atomic mass is 10.2. The van der Waals surface area contributed by atoms with Crippen LogP contribution in [0.2, 0.25) is 4.34 Å². The number of nitrogens with zero attached hydrogens (tertiary/aromatic N) is 1. The molecule has 1 aliphatic heterocycles. The molecular formula is C16H15ClFIN2O3S2. The first-order chi connectivity index (χ1) is 12.2. The van der Waals surface area contributed by atoms with Crippen LogP contribution in [0, 0.1) is 9.39 Å². The van der Waals surface area contributed by atoms with Gasteiger partial charge in [0.1, 0.15) is 11.9 Å². The number of halogens is 3. The smallest absolute Gasteiger partial charge is 0.245 e. The molecule has 10 heteroatoms. The molecule has 0 spiro atoms. The molecule has 140 valence electrons. The van der Waals surface area contributed by atoms with Gasteiger partial charge in [-0.1, -0.05) is 11.6 Å². The number of amides is 1. The number of hydrogen-bond donors (Lipinski definition) is 1. The van der Waals surface area contributed by atoms with E-state index in [1.165, 1.54) is 28.4 Å². The highest BCUT2D eigenvalue weighted by Gasteiger charge is 2.36. The van der Waals surface area contributed by atoms with Gasteiger partial charge in [0, 0.05) is 15.0 Å². The third kappa shape index (κ3) is 4.75. The van der Waals surface area contributed by atoms with E-state index in [0.717, 1.165) is 8.45 Å². The van der Waals surface area contributed by atoms with Crippen molar-refractivity contribution in [1.29, 1.82) is 0 Å². The van der Waals surface area contributed by atoms with E-state index in [0.29, 0.717) is 17.2 Å². The summed E-state index contributed by atoms with van der Waals surface area (Å²) in [7, 11) is -3.64. The van der Waals surface area contributed by atoms with Gasteiger partial charge in [-0.2, -0.15) is 0 Å². The van der Waals surface area contributed by atoms with Gasteiger partial charge in [-0.05, 0) is 65.8 Å². The summed E-state index contributed by atoms with van der Waals surface area (Å²) < 4.78 is 42.4. The Morgan fingerprint density at radius 1 is 1.35 bits per heavy atom. The number of thiophene rings is 1. The molecule has 0 aliphatic carbocycles. The standard InChI is InChI=1S/C16H15ClFIN2O3S2/c17-15-4-2-11(25-15)6-8-26(23,24)20-13-5-7-21(16(13)22)14-3-1-10(19)9-12(14)18/h1-4,9,13,20H,5-8H2/t13-/m0/s1. The number of benzene rings is 1. The quantitative estimate of drug-likeness (QED) is 0.585. The molecule has 1 aromatic carbocycles. The maximum absolute atomic E-state index is 14.1. The van der Waals surface area contributed by atoms with Crippen LogP contribution in [0.1, 0.15) is 11.3 Å². The van der Waals surface area contributed by atoms with Crippen molar-refractivity contribution < 1.29 is 17.6 Å². The highest BCUT2D eigenvalue weighted by Crippen LogP contribution is 2.26. The minimum atomic E-state index is -3.64. The second-order valence-electron chi connectivity index (χ2n) is 5.82. The number of hydrogen-bond acceptors (Lipinski definition) is 4. The summed E-state index contributed by atoms with van der Waals surface area (Å²) >= 11 is 9.15. The van der Waals surface area contributed by atoms with Crippen LogP contribution in [0.4, 0.5) is 10.1 Å². The van der Waals surface area contributed by atoms with Crippen molar-refractivity contribution in [2.45, 2.75) is 18.9 Å². The van der Waals surface area contributed by atoms with Crippen molar-refractivity contribution in [3.05, 3.63) is 48.9 Å². The highest BCUT2D eigenvalue weighted by molar-refractivity contribution is 14.1. The third-order valence-electron chi connectivity index (χ3n) is 3.97. The number of anilines is 1. The lowest BCUT2D eigenvalue weighted by molar-refractivity contribution is -0.118. The van der Waals surface area contributed by atoms with E-state index in [2.05, 4.69) is 4.72 Å². The van der Waals surface area contributed by atoms with Gasteiger partial charge in [0.05, 0.1) is 15.8 Å². The molecular weight excluding hydrogens is 514 g/mol. The van der Waals surface area contributed by atoms with Crippen LogP contribution in [0.3, 0.4) is 0 Å². The summed E-state index contributed by atoms with van der Waals surface area (Å²) in [5.41, 5.74) is 0.172. The van der Waals surface area contributed by atoms with E-state index in [4.69, 9.17) is 11.6 Å². The number of sulfonamides is 1. The maximum Gasteiger partial charge on any atom is 0.245 e. The van der Waals surface area contributed by atoms with Crippen molar-refractivity contribution in [1.82, 2.24) is 4.72 Å². The second-order valence-corrected chi connectivity index (χ2v) is 10.7. The molecule has 1 atom stereocenters. The maximum atomic E-state index is 14.1. The van der Waals surface area contributed by atoms with Gasteiger partial charge in [0.25, 0.3) is 0 Å². The molecule has 3 rings (SSSR count). The molecule has 0 saturated carbocycles. The van der Waals surface area contributed by atoms with E-state index >= 15 is 0 Å². The van der Waals surface area contributed by atoms with Gasteiger partial charge in [-0.3, -0.25) is 4.79 Å². The first-order valence-electron chi connectivity index (χ1n) is 7.76. The first kappa shape index (κ1) is 20.0. The number of carbonyl (C=O) groups excluding carboxylic acids is 1. The second kappa shape index (κ2) is 8.09. The average Bonchev–Trinajstić information content (AvgIpc) is 3.13. The zero-order chi connectivity index (χ0) is 18.9. The Labute approximate surface area is 173 Å². The first-order valence-corrected chi connectivity index (χ1v) is 11.7. The highest BCUT2D eigenvalue weighted by atomic mass is 127. The predicted molar refractivity (Wildman–Crippen MR) is 110 cm³/mol. The lowest BCUT2D eigenvalue weighted by Crippen LogP contribution is -2.42. The van der Waals surface area contributed by atoms with E-state index in [-0.39, 0.29) is 18.0 Å². The molecule has 1 amide bonds. The minimum absolute atomic E-state index is 0.133. The Bertz CT molecular complexity index is 935. The Balaban J connectivity index is 1.64. The Hall–Kier alpha value is -0.750. The van der Waals surface area contributed by atoms with Crippen LogP contribution < -0.4 is 9.62 Å². The number of aryl methyl sites for hydroxylation is 1. The molecule has 5 nitrogen and oxygen atoms in total. The Morgan fingerprint density at radius 3 is 2.77 bits per heavy atom. The van der Waals surface area contributed by atoms with Crippen molar-refractivity contribution in [2.24, 2.45) is 0 Å². The molecule has 26 heavy (non-hydrogen) atoms. The van der Waals surface area contributed by atoms with Crippen LogP contribution >= 0.6 is 45.5 Å². The third-order valence-corrected chi connectivity index (χ3v) is 7.32. The van der Waals surface area contributed by atoms with Gasteiger partial charge < -0.3 is 4.90 Å². The van der Waals surface area contributed by atoms with Crippen LogP contribution in [0.15, 0.2) is 30.3 Å².